The quantitative estimate of drug-likeness (QED) is 0.120. The molecule has 0 heterocycles. The van der Waals surface area contributed by atoms with E-state index in [2.05, 4.69) is 33.4 Å². The van der Waals surface area contributed by atoms with Gasteiger partial charge in [0.05, 0.1) is 13.3 Å². The van der Waals surface area contributed by atoms with Crippen molar-refractivity contribution in [3.8, 4) is 5.75 Å². The lowest BCUT2D eigenvalue weighted by Crippen LogP contribution is -2.17. The van der Waals surface area contributed by atoms with Crippen LogP contribution < -0.4 is 10.2 Å². The van der Waals surface area contributed by atoms with Crippen molar-refractivity contribution in [2.75, 3.05) is 7.11 Å². The number of amides is 1. The van der Waals surface area contributed by atoms with Crippen LogP contribution in [0, 0.1) is 0 Å². The zero-order chi connectivity index (χ0) is 22.6. The van der Waals surface area contributed by atoms with Crippen molar-refractivity contribution >= 4 is 28.1 Å². The van der Waals surface area contributed by atoms with Gasteiger partial charge in [0.1, 0.15) is 5.75 Å². The molecule has 31 heavy (non-hydrogen) atoms. The van der Waals surface area contributed by atoms with Gasteiger partial charge in [0.15, 0.2) is 0 Å². The van der Waals surface area contributed by atoms with E-state index in [4.69, 9.17) is 4.74 Å². The van der Waals surface area contributed by atoms with Gasteiger partial charge in [-0.05, 0) is 24.6 Å². The Balaban J connectivity index is 1.93. The summed E-state index contributed by atoms with van der Waals surface area (Å²) in [7, 11) is 1.62. The van der Waals surface area contributed by atoms with Gasteiger partial charge in [-0.1, -0.05) is 113 Å². The number of hydrogen-bond donors (Lipinski definition) is 1. The zero-order valence-electron chi connectivity index (χ0n) is 19.8. The minimum Gasteiger partial charge on any atom is -0.496 e. The van der Waals surface area contributed by atoms with E-state index in [-0.39, 0.29) is 5.91 Å². The van der Waals surface area contributed by atoms with Crippen molar-refractivity contribution in [3.63, 3.8) is 0 Å². The number of benzene rings is 1. The third kappa shape index (κ3) is 15.1. The number of carbonyl (C=O) groups excluding carboxylic acids is 1. The molecule has 5 heteroatoms. The number of halogens is 1. The molecule has 0 unspecified atom stereocenters. The van der Waals surface area contributed by atoms with Crippen LogP contribution in [0.1, 0.15) is 115 Å². The summed E-state index contributed by atoms with van der Waals surface area (Å²) < 4.78 is 6.24. The van der Waals surface area contributed by atoms with E-state index in [1.165, 1.54) is 83.5 Å². The van der Waals surface area contributed by atoms with Crippen LogP contribution in [-0.2, 0) is 4.79 Å². The van der Waals surface area contributed by atoms with Gasteiger partial charge in [0.2, 0.25) is 5.91 Å². The standard InChI is InChI=1S/C26H43BrN2O2/c1-3-4-5-6-7-8-9-10-11-12-13-14-15-16-17-18-26(30)29-28-22-23-21-24(27)19-20-25(23)31-2/h19-22H,3-18H2,1-2H3,(H,29,30)/b28-22-. The first-order valence-electron chi connectivity index (χ1n) is 12.3. The molecular formula is C26H43BrN2O2. The molecule has 1 N–H and O–H groups in total. The number of nitrogens with one attached hydrogen (secondary N) is 1. The Bertz CT molecular complexity index is 619. The largest absolute Gasteiger partial charge is 0.496 e. The summed E-state index contributed by atoms with van der Waals surface area (Å²) in [5.41, 5.74) is 3.43. The van der Waals surface area contributed by atoms with Gasteiger partial charge < -0.3 is 4.74 Å². The molecule has 0 spiro atoms. The third-order valence-corrected chi connectivity index (χ3v) is 6.09. The van der Waals surface area contributed by atoms with Crippen LogP contribution in [0.2, 0.25) is 0 Å². The highest BCUT2D eigenvalue weighted by Gasteiger charge is 2.02. The van der Waals surface area contributed by atoms with Gasteiger partial charge in [-0.3, -0.25) is 4.79 Å². The van der Waals surface area contributed by atoms with Gasteiger partial charge in [-0.15, -0.1) is 0 Å². The average molecular weight is 496 g/mol. The van der Waals surface area contributed by atoms with Crippen LogP contribution in [-0.4, -0.2) is 19.2 Å². The molecule has 0 saturated carbocycles. The van der Waals surface area contributed by atoms with Gasteiger partial charge in [-0.2, -0.15) is 5.10 Å². The molecule has 0 atom stereocenters. The van der Waals surface area contributed by atoms with Crippen molar-refractivity contribution in [1.29, 1.82) is 0 Å². The monoisotopic (exact) mass is 494 g/mol. The van der Waals surface area contributed by atoms with E-state index in [0.29, 0.717) is 6.42 Å². The molecule has 0 bridgehead atoms. The lowest BCUT2D eigenvalue weighted by Gasteiger charge is -2.05. The summed E-state index contributed by atoms with van der Waals surface area (Å²) in [6.07, 6.45) is 22.1. The molecular weight excluding hydrogens is 452 g/mol. The maximum atomic E-state index is 11.9. The summed E-state index contributed by atoms with van der Waals surface area (Å²) >= 11 is 3.43. The van der Waals surface area contributed by atoms with Gasteiger partial charge in [0, 0.05) is 16.5 Å². The molecule has 1 aromatic carbocycles. The molecule has 1 rings (SSSR count). The molecule has 0 fully saturated rings. The third-order valence-electron chi connectivity index (χ3n) is 5.59. The van der Waals surface area contributed by atoms with Gasteiger partial charge >= 0.3 is 0 Å². The highest BCUT2D eigenvalue weighted by Crippen LogP contribution is 2.21. The lowest BCUT2D eigenvalue weighted by molar-refractivity contribution is -0.121. The molecule has 0 radical (unpaired) electrons. The smallest absolute Gasteiger partial charge is 0.240 e. The minimum atomic E-state index is -0.0279. The van der Waals surface area contributed by atoms with E-state index >= 15 is 0 Å². The Morgan fingerprint density at radius 3 is 1.94 bits per heavy atom. The topological polar surface area (TPSA) is 50.7 Å². The fraction of sp³-hybridized carbons (Fsp3) is 0.692. The van der Waals surface area contributed by atoms with E-state index in [9.17, 15) is 4.79 Å². The Kier molecular flexibility index (Phi) is 17.3. The van der Waals surface area contributed by atoms with Crippen molar-refractivity contribution in [3.05, 3.63) is 28.2 Å². The number of rotatable bonds is 19. The number of methoxy groups -OCH3 is 1. The predicted octanol–water partition coefficient (Wildman–Crippen LogP) is 8.17. The van der Waals surface area contributed by atoms with Gasteiger partial charge in [-0.25, -0.2) is 5.43 Å². The van der Waals surface area contributed by atoms with E-state index in [1.54, 1.807) is 13.3 Å². The molecule has 0 aliphatic rings. The Hall–Kier alpha value is -1.36. The van der Waals surface area contributed by atoms with Crippen molar-refractivity contribution < 1.29 is 9.53 Å². The Labute approximate surface area is 198 Å². The number of carbonyl (C=O) groups is 1. The summed E-state index contributed by atoms with van der Waals surface area (Å²) in [6, 6.07) is 5.68. The summed E-state index contributed by atoms with van der Waals surface area (Å²) in [5.74, 6) is 0.698. The SMILES string of the molecule is CCCCCCCCCCCCCCCCCC(=O)N/N=C\c1cc(Br)ccc1OC. The maximum absolute atomic E-state index is 11.9. The van der Waals surface area contributed by atoms with Gasteiger partial charge in [0.25, 0.3) is 0 Å². The number of unbranched alkanes of at least 4 members (excludes halogenated alkanes) is 14. The molecule has 0 aliphatic carbocycles. The van der Waals surface area contributed by atoms with Crippen LogP contribution in [0.5, 0.6) is 5.75 Å². The molecule has 1 amide bonds. The highest BCUT2D eigenvalue weighted by molar-refractivity contribution is 9.10. The van der Waals surface area contributed by atoms with Crippen molar-refractivity contribution in [2.45, 2.75) is 110 Å². The van der Waals surface area contributed by atoms with E-state index in [0.717, 1.165) is 28.6 Å². The molecule has 0 aliphatic heterocycles. The molecule has 0 saturated heterocycles. The Morgan fingerprint density at radius 1 is 0.903 bits per heavy atom. The number of ether oxygens (including phenoxy) is 1. The summed E-state index contributed by atoms with van der Waals surface area (Å²) in [5, 5.41) is 4.05. The lowest BCUT2D eigenvalue weighted by atomic mass is 10.0. The second kappa shape index (κ2) is 19.3. The fourth-order valence-corrected chi connectivity index (χ4v) is 4.07. The van der Waals surface area contributed by atoms with Crippen LogP contribution in [0.4, 0.5) is 0 Å². The highest BCUT2D eigenvalue weighted by atomic mass is 79.9. The van der Waals surface area contributed by atoms with Crippen molar-refractivity contribution in [1.82, 2.24) is 5.43 Å². The zero-order valence-corrected chi connectivity index (χ0v) is 21.4. The number of nitrogens with zero attached hydrogens (tertiary/aromatic N) is 1. The molecule has 0 aromatic heterocycles. The normalized spacial score (nSPS) is 11.2. The summed E-state index contributed by atoms with van der Waals surface area (Å²) in [4.78, 5) is 11.9. The first kappa shape index (κ1) is 27.7. The molecule has 1 aromatic rings. The predicted molar refractivity (Wildman–Crippen MR) is 136 cm³/mol. The molecule has 176 valence electrons. The first-order valence-corrected chi connectivity index (χ1v) is 13.1. The second-order valence-corrected chi connectivity index (χ2v) is 9.29. The average Bonchev–Trinajstić information content (AvgIpc) is 2.76. The number of hydrogen-bond acceptors (Lipinski definition) is 3. The van der Waals surface area contributed by atoms with Crippen LogP contribution >= 0.6 is 15.9 Å². The van der Waals surface area contributed by atoms with Crippen LogP contribution in [0.15, 0.2) is 27.8 Å². The van der Waals surface area contributed by atoms with E-state index < -0.39 is 0 Å². The second-order valence-electron chi connectivity index (χ2n) is 8.38. The first-order chi connectivity index (χ1) is 15.2. The minimum absolute atomic E-state index is 0.0279. The fourth-order valence-electron chi connectivity index (χ4n) is 3.69. The van der Waals surface area contributed by atoms with Crippen LogP contribution in [0.25, 0.3) is 0 Å². The molecule has 4 nitrogen and oxygen atoms in total. The maximum Gasteiger partial charge on any atom is 0.240 e. The van der Waals surface area contributed by atoms with Crippen molar-refractivity contribution in [2.24, 2.45) is 5.10 Å². The Morgan fingerprint density at radius 2 is 1.42 bits per heavy atom. The van der Waals surface area contributed by atoms with Crippen LogP contribution in [0.3, 0.4) is 0 Å². The number of hydrazone groups is 1. The summed E-state index contributed by atoms with van der Waals surface area (Å²) in [6.45, 7) is 2.28. The van der Waals surface area contributed by atoms with E-state index in [1.807, 2.05) is 18.2 Å².